The maximum atomic E-state index is 11.9. The fourth-order valence-electron chi connectivity index (χ4n) is 1.29. The number of anilines is 1. The van der Waals surface area contributed by atoms with Crippen LogP contribution in [0.5, 0.6) is 0 Å². The van der Waals surface area contributed by atoms with Crippen LogP contribution in [0.3, 0.4) is 0 Å². The number of nitrogens with one attached hydrogen (secondary N) is 1. The monoisotopic (exact) mass is 266 g/mol. The zero-order valence-corrected chi connectivity index (χ0v) is 10.2. The van der Waals surface area contributed by atoms with Gasteiger partial charge in [-0.15, -0.1) is 0 Å². The molecule has 1 aromatic heterocycles. The Hall–Kier alpha value is -1.58. The van der Waals surface area contributed by atoms with Crippen LogP contribution in [0.2, 0.25) is 10.0 Å². The van der Waals surface area contributed by atoms with Crippen LogP contribution in [0, 0.1) is 0 Å². The van der Waals surface area contributed by atoms with Crippen molar-refractivity contribution in [3.05, 3.63) is 58.2 Å². The fraction of sp³-hybridized carbons (Fsp3) is 0. The third-order valence-electron chi connectivity index (χ3n) is 2.08. The fourth-order valence-corrected chi connectivity index (χ4v) is 1.79. The minimum absolute atomic E-state index is 0.311. The minimum atomic E-state index is -0.314. The number of benzene rings is 1. The van der Waals surface area contributed by atoms with Gasteiger partial charge in [-0.2, -0.15) is 0 Å². The lowest BCUT2D eigenvalue weighted by atomic mass is 10.2. The van der Waals surface area contributed by atoms with Crippen LogP contribution in [0.1, 0.15) is 10.4 Å². The smallest absolute Gasteiger partial charge is 0.258 e. The molecule has 17 heavy (non-hydrogen) atoms. The van der Waals surface area contributed by atoms with Crippen LogP contribution in [0.4, 0.5) is 5.82 Å². The van der Waals surface area contributed by atoms with Crippen LogP contribution < -0.4 is 5.32 Å². The number of hydrogen-bond donors (Lipinski definition) is 1. The SMILES string of the molecule is O=C(Nc1ccccn1)c1ccc(Cl)cc1Cl. The summed E-state index contributed by atoms with van der Waals surface area (Å²) in [5.41, 5.74) is 0.363. The van der Waals surface area contributed by atoms with Crippen molar-refractivity contribution in [3.8, 4) is 0 Å². The van der Waals surface area contributed by atoms with E-state index in [-0.39, 0.29) is 5.91 Å². The van der Waals surface area contributed by atoms with Crippen LogP contribution in [-0.4, -0.2) is 10.9 Å². The van der Waals surface area contributed by atoms with Crippen molar-refractivity contribution in [2.75, 3.05) is 5.32 Å². The first kappa shape index (κ1) is 11.9. The first-order chi connectivity index (χ1) is 8.16. The first-order valence-corrected chi connectivity index (χ1v) is 5.60. The summed E-state index contributed by atoms with van der Waals surface area (Å²) in [6.45, 7) is 0. The van der Waals surface area contributed by atoms with E-state index in [9.17, 15) is 4.79 Å². The van der Waals surface area contributed by atoms with Crippen LogP contribution in [-0.2, 0) is 0 Å². The van der Waals surface area contributed by atoms with E-state index in [4.69, 9.17) is 23.2 Å². The Morgan fingerprint density at radius 1 is 1.18 bits per heavy atom. The highest BCUT2D eigenvalue weighted by molar-refractivity contribution is 6.37. The van der Waals surface area contributed by atoms with Gasteiger partial charge in [-0.1, -0.05) is 29.3 Å². The topological polar surface area (TPSA) is 42.0 Å². The molecule has 1 N–H and O–H groups in total. The van der Waals surface area contributed by atoms with Crippen molar-refractivity contribution < 1.29 is 4.79 Å². The largest absolute Gasteiger partial charge is 0.307 e. The van der Waals surface area contributed by atoms with E-state index >= 15 is 0 Å². The highest BCUT2D eigenvalue weighted by Crippen LogP contribution is 2.21. The molecule has 1 aromatic carbocycles. The van der Waals surface area contributed by atoms with Gasteiger partial charge >= 0.3 is 0 Å². The number of carbonyl (C=O) groups excluding carboxylic acids is 1. The number of nitrogens with zero attached hydrogens (tertiary/aromatic N) is 1. The highest BCUT2D eigenvalue weighted by atomic mass is 35.5. The molecule has 0 atom stereocenters. The van der Waals surface area contributed by atoms with Gasteiger partial charge in [0.25, 0.3) is 5.91 Å². The summed E-state index contributed by atoms with van der Waals surface area (Å²) in [5.74, 6) is 0.161. The van der Waals surface area contributed by atoms with Crippen molar-refractivity contribution >= 4 is 34.9 Å². The molecule has 86 valence electrons. The van der Waals surface area contributed by atoms with E-state index < -0.39 is 0 Å². The van der Waals surface area contributed by atoms with E-state index in [1.165, 1.54) is 6.07 Å². The molecule has 3 nitrogen and oxygen atoms in total. The summed E-state index contributed by atoms with van der Waals surface area (Å²) in [6.07, 6.45) is 1.60. The molecule has 0 bridgehead atoms. The van der Waals surface area contributed by atoms with Crippen molar-refractivity contribution in [1.82, 2.24) is 4.98 Å². The Bertz CT molecular complexity index is 543. The second-order valence-corrected chi connectivity index (χ2v) is 4.14. The number of hydrogen-bond acceptors (Lipinski definition) is 2. The summed E-state index contributed by atoms with van der Waals surface area (Å²) < 4.78 is 0. The standard InChI is InChI=1S/C12H8Cl2N2O/c13-8-4-5-9(10(14)7-8)12(17)16-11-3-1-2-6-15-11/h1-7H,(H,15,16,17). The molecule has 0 aliphatic heterocycles. The van der Waals surface area contributed by atoms with Gasteiger partial charge < -0.3 is 5.32 Å². The molecule has 5 heteroatoms. The van der Waals surface area contributed by atoms with Gasteiger partial charge in [-0.3, -0.25) is 4.79 Å². The van der Waals surface area contributed by atoms with E-state index in [0.717, 1.165) is 0 Å². The van der Waals surface area contributed by atoms with Gasteiger partial charge in [0.2, 0.25) is 0 Å². The Balaban J connectivity index is 2.21. The molecule has 0 radical (unpaired) electrons. The number of carbonyl (C=O) groups is 1. The molecule has 2 aromatic rings. The van der Waals surface area contributed by atoms with Gasteiger partial charge in [0.15, 0.2) is 0 Å². The van der Waals surface area contributed by atoms with E-state index in [1.807, 2.05) is 0 Å². The number of aromatic nitrogens is 1. The maximum absolute atomic E-state index is 11.9. The van der Waals surface area contributed by atoms with Gasteiger partial charge in [-0.25, -0.2) is 4.98 Å². The molecule has 0 saturated carbocycles. The average molecular weight is 267 g/mol. The van der Waals surface area contributed by atoms with Gasteiger partial charge in [-0.05, 0) is 30.3 Å². The number of amides is 1. The molecule has 0 saturated heterocycles. The summed E-state index contributed by atoms with van der Waals surface area (Å²) in [7, 11) is 0. The molecule has 0 aliphatic rings. The first-order valence-electron chi connectivity index (χ1n) is 4.84. The molecule has 0 unspecified atom stereocenters. The molecule has 2 rings (SSSR count). The van der Waals surface area contributed by atoms with Crippen molar-refractivity contribution in [1.29, 1.82) is 0 Å². The summed E-state index contributed by atoms with van der Waals surface area (Å²) in [5, 5.41) is 3.44. The lowest BCUT2D eigenvalue weighted by Crippen LogP contribution is -2.13. The lowest BCUT2D eigenvalue weighted by Gasteiger charge is -2.05. The van der Waals surface area contributed by atoms with Crippen molar-refractivity contribution in [2.24, 2.45) is 0 Å². The lowest BCUT2D eigenvalue weighted by molar-refractivity contribution is 0.102. The summed E-state index contributed by atoms with van der Waals surface area (Å²) in [6, 6.07) is 9.96. The zero-order chi connectivity index (χ0) is 12.3. The number of halogens is 2. The van der Waals surface area contributed by atoms with E-state index in [1.54, 1.807) is 36.5 Å². The second kappa shape index (κ2) is 5.17. The Kier molecular flexibility index (Phi) is 3.61. The molecule has 1 heterocycles. The normalized spacial score (nSPS) is 10.0. The van der Waals surface area contributed by atoms with Crippen molar-refractivity contribution in [3.63, 3.8) is 0 Å². The average Bonchev–Trinajstić information content (AvgIpc) is 2.30. The number of rotatable bonds is 2. The molecule has 0 aliphatic carbocycles. The van der Waals surface area contributed by atoms with Gasteiger partial charge in [0.1, 0.15) is 5.82 Å². The predicted molar refractivity (Wildman–Crippen MR) is 68.7 cm³/mol. The van der Waals surface area contributed by atoms with E-state index in [2.05, 4.69) is 10.3 Å². The molecule has 0 fully saturated rings. The van der Waals surface area contributed by atoms with Gasteiger partial charge in [0, 0.05) is 11.2 Å². The van der Waals surface area contributed by atoms with Crippen LogP contribution in [0.15, 0.2) is 42.6 Å². The Labute approximate surface area is 108 Å². The molecular formula is C12H8Cl2N2O. The third kappa shape index (κ3) is 2.96. The highest BCUT2D eigenvalue weighted by Gasteiger charge is 2.10. The van der Waals surface area contributed by atoms with Gasteiger partial charge in [0.05, 0.1) is 10.6 Å². The number of pyridine rings is 1. The van der Waals surface area contributed by atoms with Crippen molar-refractivity contribution in [2.45, 2.75) is 0 Å². The predicted octanol–water partition coefficient (Wildman–Crippen LogP) is 3.64. The van der Waals surface area contributed by atoms with Crippen LogP contribution >= 0.6 is 23.2 Å². The van der Waals surface area contributed by atoms with Crippen LogP contribution in [0.25, 0.3) is 0 Å². The van der Waals surface area contributed by atoms with E-state index in [0.29, 0.717) is 21.4 Å². The zero-order valence-electron chi connectivity index (χ0n) is 8.65. The molecular weight excluding hydrogens is 259 g/mol. The quantitative estimate of drug-likeness (QED) is 0.902. The second-order valence-electron chi connectivity index (χ2n) is 3.29. The maximum Gasteiger partial charge on any atom is 0.258 e. The molecule has 1 amide bonds. The molecule has 0 spiro atoms. The summed E-state index contributed by atoms with van der Waals surface area (Å²) in [4.78, 5) is 15.9. The Morgan fingerprint density at radius 3 is 2.65 bits per heavy atom. The third-order valence-corrected chi connectivity index (χ3v) is 2.63. The summed E-state index contributed by atoms with van der Waals surface area (Å²) >= 11 is 11.7. The minimum Gasteiger partial charge on any atom is -0.307 e. The Morgan fingerprint density at radius 2 is 2.00 bits per heavy atom.